The minimum atomic E-state index is -3.90. The second-order valence-electron chi connectivity index (χ2n) is 5.84. The molecule has 1 amide bonds. The maximum absolute atomic E-state index is 14.2. The van der Waals surface area contributed by atoms with Crippen molar-refractivity contribution in [3.8, 4) is 0 Å². The van der Waals surface area contributed by atoms with Crippen molar-refractivity contribution in [2.24, 2.45) is 0 Å². The molecule has 0 aliphatic heterocycles. The molecule has 8 heteroatoms. The Morgan fingerprint density at radius 1 is 1.23 bits per heavy atom. The normalized spacial score (nSPS) is 12.5. The molecule has 0 aliphatic rings. The van der Waals surface area contributed by atoms with Crippen molar-refractivity contribution < 1.29 is 17.6 Å². The summed E-state index contributed by atoms with van der Waals surface area (Å²) < 4.78 is 39.7. The number of carbonyl (C=O) groups excluding carboxylic acids is 1. The second kappa shape index (κ2) is 8.05. The first-order valence-electron chi connectivity index (χ1n) is 7.96. The lowest BCUT2D eigenvalue weighted by Gasteiger charge is -2.30. The van der Waals surface area contributed by atoms with Gasteiger partial charge >= 0.3 is 0 Å². The molecule has 26 heavy (non-hydrogen) atoms. The highest BCUT2D eigenvalue weighted by Gasteiger charge is 2.33. The number of benzene rings is 2. The van der Waals surface area contributed by atoms with E-state index in [4.69, 9.17) is 11.6 Å². The Labute approximate surface area is 157 Å². The molecule has 2 aromatic carbocycles. The largest absolute Gasteiger partial charge is 0.324 e. The van der Waals surface area contributed by atoms with E-state index in [2.05, 4.69) is 5.32 Å². The third-order valence-electron chi connectivity index (χ3n) is 3.95. The molecule has 0 aliphatic carbocycles. The molecule has 1 N–H and O–H groups in total. The number of halogens is 2. The van der Waals surface area contributed by atoms with Crippen LogP contribution in [0.15, 0.2) is 42.5 Å². The van der Waals surface area contributed by atoms with Crippen LogP contribution in [0.2, 0.25) is 5.02 Å². The predicted octanol–water partition coefficient (Wildman–Crippen LogP) is 3.97. The first kappa shape index (κ1) is 20.2. The highest BCUT2D eigenvalue weighted by atomic mass is 35.5. The fraction of sp³-hybridized carbons (Fsp3) is 0.278. The van der Waals surface area contributed by atoms with Gasteiger partial charge in [-0.1, -0.05) is 36.7 Å². The zero-order valence-corrected chi connectivity index (χ0v) is 16.2. The van der Waals surface area contributed by atoms with E-state index in [1.165, 1.54) is 18.2 Å². The van der Waals surface area contributed by atoms with E-state index in [0.29, 0.717) is 16.3 Å². The zero-order valence-electron chi connectivity index (χ0n) is 14.7. The fourth-order valence-electron chi connectivity index (χ4n) is 2.62. The van der Waals surface area contributed by atoms with Crippen molar-refractivity contribution >= 4 is 38.9 Å². The SMILES string of the molecule is CCC(C(=O)Nc1cccc(Cl)c1C)N(c1ccccc1F)S(C)(=O)=O. The van der Waals surface area contributed by atoms with Crippen LogP contribution in [0.1, 0.15) is 18.9 Å². The molecular formula is C18H20ClFN2O3S. The van der Waals surface area contributed by atoms with Gasteiger partial charge in [0.15, 0.2) is 0 Å². The van der Waals surface area contributed by atoms with Gasteiger partial charge in [-0.3, -0.25) is 9.10 Å². The molecule has 0 fully saturated rings. The van der Waals surface area contributed by atoms with Gasteiger partial charge in [0.05, 0.1) is 11.9 Å². The Morgan fingerprint density at radius 3 is 2.46 bits per heavy atom. The van der Waals surface area contributed by atoms with E-state index in [9.17, 15) is 17.6 Å². The molecule has 0 bridgehead atoms. The van der Waals surface area contributed by atoms with Crippen LogP contribution in [-0.4, -0.2) is 26.6 Å². The Bertz CT molecular complexity index is 918. The third kappa shape index (κ3) is 4.34. The summed E-state index contributed by atoms with van der Waals surface area (Å²) >= 11 is 6.06. The van der Waals surface area contributed by atoms with Crippen LogP contribution in [0.3, 0.4) is 0 Å². The average Bonchev–Trinajstić information content (AvgIpc) is 2.56. The van der Waals surface area contributed by atoms with Crippen molar-refractivity contribution in [3.63, 3.8) is 0 Å². The van der Waals surface area contributed by atoms with Gasteiger partial charge in [0.25, 0.3) is 0 Å². The van der Waals surface area contributed by atoms with Crippen molar-refractivity contribution in [1.82, 2.24) is 0 Å². The summed E-state index contributed by atoms with van der Waals surface area (Å²) in [7, 11) is -3.90. The zero-order chi connectivity index (χ0) is 19.5. The number of hydrogen-bond acceptors (Lipinski definition) is 3. The van der Waals surface area contributed by atoms with Crippen molar-refractivity contribution in [2.75, 3.05) is 15.9 Å². The van der Waals surface area contributed by atoms with E-state index < -0.39 is 27.8 Å². The Kier molecular flexibility index (Phi) is 6.26. The maximum atomic E-state index is 14.2. The minimum absolute atomic E-state index is 0.160. The van der Waals surface area contributed by atoms with Crippen molar-refractivity contribution in [2.45, 2.75) is 26.3 Å². The first-order valence-corrected chi connectivity index (χ1v) is 10.2. The van der Waals surface area contributed by atoms with E-state index >= 15 is 0 Å². The summed E-state index contributed by atoms with van der Waals surface area (Å²) in [5, 5.41) is 3.17. The number of sulfonamides is 1. The van der Waals surface area contributed by atoms with Crippen LogP contribution in [0.4, 0.5) is 15.8 Å². The van der Waals surface area contributed by atoms with Gasteiger partial charge in [-0.2, -0.15) is 0 Å². The van der Waals surface area contributed by atoms with Crippen molar-refractivity contribution in [3.05, 3.63) is 58.9 Å². The van der Waals surface area contributed by atoms with Crippen LogP contribution in [0.5, 0.6) is 0 Å². The van der Waals surface area contributed by atoms with Gasteiger partial charge < -0.3 is 5.32 Å². The lowest BCUT2D eigenvalue weighted by Crippen LogP contribution is -2.47. The predicted molar refractivity (Wildman–Crippen MR) is 103 cm³/mol. The summed E-state index contributed by atoms with van der Waals surface area (Å²) in [4.78, 5) is 12.8. The summed E-state index contributed by atoms with van der Waals surface area (Å²) in [6.07, 6.45) is 1.10. The third-order valence-corrected chi connectivity index (χ3v) is 5.52. The number of rotatable bonds is 6. The molecule has 1 unspecified atom stereocenters. The fourth-order valence-corrected chi connectivity index (χ4v) is 4.01. The first-order chi connectivity index (χ1) is 12.2. The smallest absolute Gasteiger partial charge is 0.248 e. The number of hydrogen-bond donors (Lipinski definition) is 1. The van der Waals surface area contributed by atoms with Crippen LogP contribution < -0.4 is 9.62 Å². The highest BCUT2D eigenvalue weighted by molar-refractivity contribution is 7.92. The van der Waals surface area contributed by atoms with Crippen LogP contribution in [0, 0.1) is 12.7 Å². The van der Waals surface area contributed by atoms with E-state index in [-0.39, 0.29) is 12.1 Å². The number of carbonyl (C=O) groups is 1. The van der Waals surface area contributed by atoms with Crippen LogP contribution >= 0.6 is 11.6 Å². The molecule has 2 rings (SSSR count). The molecule has 0 heterocycles. The molecule has 0 saturated heterocycles. The van der Waals surface area contributed by atoms with Crippen LogP contribution in [-0.2, 0) is 14.8 Å². The van der Waals surface area contributed by atoms with Gasteiger partial charge in [0.1, 0.15) is 11.9 Å². The van der Waals surface area contributed by atoms with Gasteiger partial charge in [0.2, 0.25) is 15.9 Å². The molecule has 0 saturated carbocycles. The van der Waals surface area contributed by atoms with Gasteiger partial charge in [-0.25, -0.2) is 12.8 Å². The summed E-state index contributed by atoms with van der Waals surface area (Å²) in [5.41, 5.74) is 0.969. The summed E-state index contributed by atoms with van der Waals surface area (Å²) in [6.45, 7) is 3.40. The number of nitrogens with one attached hydrogen (secondary N) is 1. The highest BCUT2D eigenvalue weighted by Crippen LogP contribution is 2.27. The summed E-state index contributed by atoms with van der Waals surface area (Å²) in [6, 6.07) is 9.37. The molecule has 1 atom stereocenters. The number of nitrogens with zero attached hydrogens (tertiary/aromatic N) is 1. The topological polar surface area (TPSA) is 66.5 Å². The van der Waals surface area contributed by atoms with E-state index in [0.717, 1.165) is 16.6 Å². The monoisotopic (exact) mass is 398 g/mol. The van der Waals surface area contributed by atoms with E-state index in [1.54, 1.807) is 32.0 Å². The number of amides is 1. The van der Waals surface area contributed by atoms with Crippen LogP contribution in [0.25, 0.3) is 0 Å². The number of para-hydroxylation sites is 1. The Balaban J connectivity index is 2.44. The second-order valence-corrected chi connectivity index (χ2v) is 8.10. The molecular weight excluding hydrogens is 379 g/mol. The molecule has 5 nitrogen and oxygen atoms in total. The quantitative estimate of drug-likeness (QED) is 0.800. The lowest BCUT2D eigenvalue weighted by atomic mass is 10.1. The Morgan fingerprint density at radius 2 is 1.88 bits per heavy atom. The Hall–Kier alpha value is -2.12. The van der Waals surface area contributed by atoms with Gasteiger partial charge in [-0.15, -0.1) is 0 Å². The van der Waals surface area contributed by atoms with Gasteiger partial charge in [-0.05, 0) is 43.2 Å². The molecule has 0 aromatic heterocycles. The molecule has 140 valence electrons. The van der Waals surface area contributed by atoms with E-state index in [1.807, 2.05) is 0 Å². The molecule has 2 aromatic rings. The minimum Gasteiger partial charge on any atom is -0.324 e. The standard InChI is InChI=1S/C18H20ClFN2O3S/c1-4-16(18(23)21-15-10-7-8-13(19)12(15)2)22(26(3,24)25)17-11-6-5-9-14(17)20/h5-11,16H,4H2,1-3H3,(H,21,23). The molecule has 0 radical (unpaired) electrons. The molecule has 0 spiro atoms. The number of anilines is 2. The average molecular weight is 399 g/mol. The van der Waals surface area contributed by atoms with Crippen molar-refractivity contribution in [1.29, 1.82) is 0 Å². The maximum Gasteiger partial charge on any atom is 0.248 e. The lowest BCUT2D eigenvalue weighted by molar-refractivity contribution is -0.117. The summed E-state index contributed by atoms with van der Waals surface area (Å²) in [5.74, 6) is -1.28. The van der Waals surface area contributed by atoms with Gasteiger partial charge in [0, 0.05) is 10.7 Å².